The van der Waals surface area contributed by atoms with Crippen molar-refractivity contribution in [1.82, 2.24) is 0 Å². The molecule has 0 aliphatic heterocycles. The molecule has 3 fully saturated rings. The number of hydrogen-bond donors (Lipinski definition) is 0. The van der Waals surface area contributed by atoms with Gasteiger partial charge in [-0.1, -0.05) is 90.7 Å². The van der Waals surface area contributed by atoms with Crippen LogP contribution < -0.4 is 0 Å². The third kappa shape index (κ3) is 4.96. The second-order valence-corrected chi connectivity index (χ2v) is 14.4. The lowest BCUT2D eigenvalue weighted by Gasteiger charge is -2.60. The largest absolute Gasteiger partial charge is 0.458 e. The second kappa shape index (κ2) is 10.5. The van der Waals surface area contributed by atoms with E-state index < -0.39 is 0 Å². The molecule has 4 aliphatic rings. The van der Waals surface area contributed by atoms with E-state index in [1.165, 1.54) is 44.9 Å². The number of rotatable bonds is 7. The van der Waals surface area contributed by atoms with E-state index in [1.54, 1.807) is 5.57 Å². The average Bonchev–Trinajstić information content (AvgIpc) is 3.22. The Morgan fingerprint density at radius 3 is 2.46 bits per heavy atom. The van der Waals surface area contributed by atoms with E-state index in [4.69, 9.17) is 4.74 Å². The van der Waals surface area contributed by atoms with Crippen LogP contribution in [-0.2, 0) is 4.74 Å². The Morgan fingerprint density at radius 1 is 0.973 bits per heavy atom. The van der Waals surface area contributed by atoms with Gasteiger partial charge in [0.15, 0.2) is 0 Å². The zero-order chi connectivity index (χ0) is 26.4. The Kier molecular flexibility index (Phi) is 7.69. The van der Waals surface area contributed by atoms with Crippen LogP contribution in [0.25, 0.3) is 0 Å². The first-order valence-corrected chi connectivity index (χ1v) is 15.6. The van der Waals surface area contributed by atoms with Gasteiger partial charge in [0.2, 0.25) is 0 Å². The van der Waals surface area contributed by atoms with Crippen LogP contribution in [-0.4, -0.2) is 12.1 Å². The summed E-state index contributed by atoms with van der Waals surface area (Å²) >= 11 is 0. The molecule has 37 heavy (non-hydrogen) atoms. The van der Waals surface area contributed by atoms with E-state index in [0.717, 1.165) is 54.8 Å². The van der Waals surface area contributed by atoms with Gasteiger partial charge in [-0.15, -0.1) is 0 Å². The molecule has 5 rings (SSSR count). The molecular formula is C35H52O2. The fourth-order valence-corrected chi connectivity index (χ4v) is 9.90. The summed E-state index contributed by atoms with van der Waals surface area (Å²) in [5, 5.41) is 0. The minimum absolute atomic E-state index is 0.0205. The van der Waals surface area contributed by atoms with Crippen LogP contribution in [0.15, 0.2) is 42.0 Å². The molecule has 2 heteroatoms. The van der Waals surface area contributed by atoms with Gasteiger partial charge in [0.05, 0.1) is 5.56 Å². The Labute approximate surface area is 227 Å². The summed E-state index contributed by atoms with van der Waals surface area (Å²) in [5.41, 5.74) is 3.08. The maximum Gasteiger partial charge on any atom is 0.338 e. The van der Waals surface area contributed by atoms with Gasteiger partial charge in [-0.2, -0.15) is 0 Å². The van der Waals surface area contributed by atoms with Crippen LogP contribution in [0.3, 0.4) is 0 Å². The summed E-state index contributed by atoms with van der Waals surface area (Å²) in [5.74, 6) is 5.56. The quantitative estimate of drug-likeness (QED) is 0.273. The van der Waals surface area contributed by atoms with Crippen molar-refractivity contribution < 1.29 is 9.53 Å². The molecule has 0 radical (unpaired) electrons. The molecule has 0 N–H and O–H groups in total. The van der Waals surface area contributed by atoms with Gasteiger partial charge >= 0.3 is 5.97 Å². The standard InChI is InChI=1S/C35H52O2/c1-23(2)11-10-12-24(3)29-15-16-30-32-25(4)21-27-22-28(37-33(36)26-13-8-7-9-14-26)17-19-34(27,5)31(32)18-20-35(29,30)6/h7-9,13-14,21,23-25,28-32H,10-12,15-20,22H2,1-6H3/t24-,25-,28+,29+,30-,31-,32-,34+,35-/m1/s1. The lowest BCUT2D eigenvalue weighted by Crippen LogP contribution is -2.53. The van der Waals surface area contributed by atoms with Crippen LogP contribution in [0.5, 0.6) is 0 Å². The van der Waals surface area contributed by atoms with Gasteiger partial charge < -0.3 is 4.74 Å². The van der Waals surface area contributed by atoms with Crippen molar-refractivity contribution in [3.63, 3.8) is 0 Å². The van der Waals surface area contributed by atoms with E-state index in [9.17, 15) is 4.79 Å². The van der Waals surface area contributed by atoms with Crippen molar-refractivity contribution >= 4 is 5.97 Å². The first-order valence-electron chi connectivity index (χ1n) is 15.6. The number of benzene rings is 1. The predicted molar refractivity (Wildman–Crippen MR) is 153 cm³/mol. The SMILES string of the molecule is CC(C)CCC[C@@H](C)[C@@H]1CC[C@@H]2[C@H]3[C@H](C)C=C4C[C@@H](OC(=O)c5ccccc5)CC[C@]4(C)[C@@H]3CC[C@@]21C. The lowest BCUT2D eigenvalue weighted by molar-refractivity contribution is -0.0745. The Morgan fingerprint density at radius 2 is 1.73 bits per heavy atom. The number of carbonyl (C=O) groups excluding carboxylic acids is 1. The molecule has 0 bridgehead atoms. The van der Waals surface area contributed by atoms with Crippen molar-refractivity contribution in [1.29, 1.82) is 0 Å². The van der Waals surface area contributed by atoms with Gasteiger partial charge in [0.1, 0.15) is 6.10 Å². The average molecular weight is 505 g/mol. The molecule has 0 aromatic heterocycles. The Bertz CT molecular complexity index is 978. The molecule has 0 heterocycles. The highest BCUT2D eigenvalue weighted by Gasteiger charge is 2.60. The summed E-state index contributed by atoms with van der Waals surface area (Å²) in [6.45, 7) is 15.1. The number of hydrogen-bond acceptors (Lipinski definition) is 2. The van der Waals surface area contributed by atoms with E-state index in [2.05, 4.69) is 47.6 Å². The smallest absolute Gasteiger partial charge is 0.338 e. The topological polar surface area (TPSA) is 26.3 Å². The molecule has 204 valence electrons. The molecule has 0 amide bonds. The monoisotopic (exact) mass is 504 g/mol. The first kappa shape index (κ1) is 27.0. The van der Waals surface area contributed by atoms with Gasteiger partial charge in [-0.3, -0.25) is 0 Å². The third-order valence-electron chi connectivity index (χ3n) is 11.9. The molecule has 1 aromatic carbocycles. The van der Waals surface area contributed by atoms with Crippen molar-refractivity contribution in [3.8, 4) is 0 Å². The van der Waals surface area contributed by atoms with Crippen LogP contribution in [0.2, 0.25) is 0 Å². The van der Waals surface area contributed by atoms with Crippen LogP contribution in [0.4, 0.5) is 0 Å². The molecule has 0 spiro atoms. The van der Waals surface area contributed by atoms with E-state index >= 15 is 0 Å². The first-order chi connectivity index (χ1) is 17.6. The Hall–Kier alpha value is -1.57. The van der Waals surface area contributed by atoms with Gasteiger partial charge in [-0.25, -0.2) is 4.79 Å². The fraction of sp³-hybridized carbons (Fsp3) is 0.743. The molecule has 9 atom stereocenters. The number of ether oxygens (including phenoxy) is 1. The maximum atomic E-state index is 12.7. The molecule has 0 saturated heterocycles. The highest BCUT2D eigenvalue weighted by atomic mass is 16.5. The predicted octanol–water partition coefficient (Wildman–Crippen LogP) is 9.50. The zero-order valence-electron chi connectivity index (χ0n) is 24.5. The van der Waals surface area contributed by atoms with E-state index in [-0.39, 0.29) is 17.5 Å². The van der Waals surface area contributed by atoms with Crippen LogP contribution >= 0.6 is 0 Å². The summed E-state index contributed by atoms with van der Waals surface area (Å²) < 4.78 is 6.04. The zero-order valence-corrected chi connectivity index (χ0v) is 24.5. The molecule has 1 aromatic rings. The Balaban J connectivity index is 1.29. The normalized spacial score (nSPS) is 39.8. The number of fused-ring (bicyclic) bond motifs is 5. The number of allylic oxidation sites excluding steroid dienone is 1. The summed E-state index contributed by atoms with van der Waals surface area (Å²) in [4.78, 5) is 12.7. The second-order valence-electron chi connectivity index (χ2n) is 14.4. The third-order valence-corrected chi connectivity index (χ3v) is 11.9. The molecule has 3 saturated carbocycles. The molecule has 4 aliphatic carbocycles. The van der Waals surface area contributed by atoms with E-state index in [1.807, 2.05) is 30.3 Å². The highest BCUT2D eigenvalue weighted by molar-refractivity contribution is 5.89. The van der Waals surface area contributed by atoms with Crippen LogP contribution in [0.1, 0.15) is 116 Å². The minimum Gasteiger partial charge on any atom is -0.458 e. The summed E-state index contributed by atoms with van der Waals surface area (Å²) in [6, 6.07) is 9.50. The van der Waals surface area contributed by atoms with Gasteiger partial charge in [0.25, 0.3) is 0 Å². The van der Waals surface area contributed by atoms with Crippen molar-refractivity contribution in [3.05, 3.63) is 47.5 Å². The van der Waals surface area contributed by atoms with Crippen molar-refractivity contribution in [2.75, 3.05) is 0 Å². The van der Waals surface area contributed by atoms with Gasteiger partial charge in [0, 0.05) is 6.42 Å². The summed E-state index contributed by atoms with van der Waals surface area (Å²) in [6.07, 6.45) is 15.7. The highest BCUT2D eigenvalue weighted by Crippen LogP contribution is 2.68. The van der Waals surface area contributed by atoms with Crippen molar-refractivity contribution in [2.45, 2.75) is 112 Å². The van der Waals surface area contributed by atoms with Crippen molar-refractivity contribution in [2.24, 2.45) is 52.3 Å². The van der Waals surface area contributed by atoms with Gasteiger partial charge in [-0.05, 0) is 103 Å². The molecule has 0 unspecified atom stereocenters. The number of esters is 1. The molecule has 2 nitrogen and oxygen atoms in total. The van der Waals surface area contributed by atoms with Crippen LogP contribution in [0, 0.1) is 52.3 Å². The number of carbonyl (C=O) groups is 1. The lowest BCUT2D eigenvalue weighted by atomic mass is 9.45. The van der Waals surface area contributed by atoms with E-state index in [0.29, 0.717) is 16.9 Å². The minimum atomic E-state index is -0.163. The molecular weight excluding hydrogens is 452 g/mol. The maximum absolute atomic E-state index is 12.7. The summed E-state index contributed by atoms with van der Waals surface area (Å²) in [7, 11) is 0. The fourth-order valence-electron chi connectivity index (χ4n) is 9.90.